The zero-order valence-electron chi connectivity index (χ0n) is 14.9. The number of nitrogens with zero attached hydrogens (tertiary/aromatic N) is 5. The zero-order chi connectivity index (χ0) is 17.7. The van der Waals surface area contributed by atoms with Crippen LogP contribution in [0, 0.1) is 0 Å². The highest BCUT2D eigenvalue weighted by atomic mass is 32.1. The highest BCUT2D eigenvalue weighted by molar-refractivity contribution is 7.17. The molecule has 0 amide bonds. The summed E-state index contributed by atoms with van der Waals surface area (Å²) in [7, 11) is 2.18. The molecule has 1 aliphatic heterocycles. The Bertz CT molecular complexity index is 941. The molecule has 0 spiro atoms. The van der Waals surface area contributed by atoms with Crippen molar-refractivity contribution in [3.63, 3.8) is 0 Å². The maximum Gasteiger partial charge on any atom is 0.219 e. The number of hydrogen-bond acceptors (Lipinski definition) is 6. The van der Waals surface area contributed by atoms with Gasteiger partial charge in [0.15, 0.2) is 5.82 Å². The van der Waals surface area contributed by atoms with Crippen molar-refractivity contribution >= 4 is 21.4 Å². The van der Waals surface area contributed by atoms with Crippen molar-refractivity contribution in [1.82, 2.24) is 24.6 Å². The van der Waals surface area contributed by atoms with Gasteiger partial charge in [-0.25, -0.2) is 4.98 Å². The summed E-state index contributed by atoms with van der Waals surface area (Å²) in [6.45, 7) is 4.47. The second kappa shape index (κ2) is 6.33. The van der Waals surface area contributed by atoms with Crippen LogP contribution in [-0.2, 0) is 12.8 Å². The van der Waals surface area contributed by atoms with Gasteiger partial charge in [-0.3, -0.25) is 4.90 Å². The van der Waals surface area contributed by atoms with Gasteiger partial charge in [-0.1, -0.05) is 0 Å². The van der Waals surface area contributed by atoms with E-state index in [-0.39, 0.29) is 5.88 Å². The van der Waals surface area contributed by atoms with E-state index in [0.717, 1.165) is 72.6 Å². The maximum absolute atomic E-state index is 10.9. The predicted octanol–water partition coefficient (Wildman–Crippen LogP) is 2.29. The molecule has 2 aliphatic rings. The Balaban J connectivity index is 1.47. The molecule has 0 saturated carbocycles. The predicted molar refractivity (Wildman–Crippen MR) is 103 cm³/mol. The third-order valence-corrected chi connectivity index (χ3v) is 6.69. The summed E-state index contributed by atoms with van der Waals surface area (Å²) in [6, 6.07) is 4.56. The zero-order valence-corrected chi connectivity index (χ0v) is 15.7. The lowest BCUT2D eigenvalue weighted by Crippen LogP contribution is -2.50. The van der Waals surface area contributed by atoms with Crippen LogP contribution in [0.15, 0.2) is 23.7 Å². The van der Waals surface area contributed by atoms with Gasteiger partial charge >= 0.3 is 0 Å². The van der Waals surface area contributed by atoms with Gasteiger partial charge < -0.3 is 10.0 Å². The van der Waals surface area contributed by atoms with Crippen LogP contribution in [0.5, 0.6) is 5.88 Å². The molecule has 1 fully saturated rings. The highest BCUT2D eigenvalue weighted by Crippen LogP contribution is 2.34. The number of pyridine rings is 1. The SMILES string of the molecule is CN1CCN(C2CCc3nn(-c4nccc5sccc45)c(O)c3C2)CC1. The number of aromatic nitrogens is 3. The van der Waals surface area contributed by atoms with E-state index in [1.165, 1.54) is 0 Å². The molecule has 1 saturated heterocycles. The van der Waals surface area contributed by atoms with Crippen molar-refractivity contribution in [1.29, 1.82) is 0 Å². The fraction of sp³-hybridized carbons (Fsp3) is 0.474. The summed E-state index contributed by atoms with van der Waals surface area (Å²) in [4.78, 5) is 9.47. The third-order valence-electron chi connectivity index (χ3n) is 5.81. The van der Waals surface area contributed by atoms with E-state index in [1.54, 1.807) is 22.2 Å². The number of piperazine rings is 1. The number of hydrogen-bond donors (Lipinski definition) is 1. The van der Waals surface area contributed by atoms with Gasteiger partial charge in [0.2, 0.25) is 5.88 Å². The molecular weight excluding hydrogens is 346 g/mol. The lowest BCUT2D eigenvalue weighted by Gasteiger charge is -2.39. The number of aryl methyl sites for hydroxylation is 1. The van der Waals surface area contributed by atoms with E-state index in [1.807, 2.05) is 6.07 Å². The molecule has 3 aromatic rings. The Morgan fingerprint density at radius 2 is 2.04 bits per heavy atom. The Labute approximate surface area is 156 Å². The Hall–Kier alpha value is -1.96. The van der Waals surface area contributed by atoms with Crippen LogP contribution in [0.4, 0.5) is 0 Å². The largest absolute Gasteiger partial charge is 0.493 e. The Morgan fingerprint density at radius 3 is 2.88 bits per heavy atom. The van der Waals surface area contributed by atoms with Gasteiger partial charge in [-0.05, 0) is 43.8 Å². The molecule has 26 heavy (non-hydrogen) atoms. The second-order valence-electron chi connectivity index (χ2n) is 7.36. The summed E-state index contributed by atoms with van der Waals surface area (Å²) in [5, 5.41) is 18.7. The lowest BCUT2D eigenvalue weighted by atomic mass is 9.91. The van der Waals surface area contributed by atoms with Gasteiger partial charge in [0, 0.05) is 54.1 Å². The van der Waals surface area contributed by atoms with Gasteiger partial charge in [0.25, 0.3) is 0 Å². The molecule has 136 valence electrons. The van der Waals surface area contributed by atoms with Gasteiger partial charge in [-0.2, -0.15) is 9.78 Å². The van der Waals surface area contributed by atoms with Crippen LogP contribution in [0.1, 0.15) is 17.7 Å². The standard InChI is InChI=1S/C19H23N5OS/c1-22-7-9-23(10-8-22)13-2-3-16-15(12-13)19(25)24(21-16)18-14-5-11-26-17(14)4-6-20-18/h4-6,11,13,25H,2-3,7-10,12H2,1H3. The molecule has 0 bridgehead atoms. The number of rotatable bonds is 2. The minimum atomic E-state index is 0.269. The molecule has 5 rings (SSSR count). The van der Waals surface area contributed by atoms with Crippen LogP contribution >= 0.6 is 11.3 Å². The summed E-state index contributed by atoms with van der Waals surface area (Å²) < 4.78 is 2.81. The van der Waals surface area contributed by atoms with Crippen molar-refractivity contribution in [2.75, 3.05) is 33.2 Å². The quantitative estimate of drug-likeness (QED) is 0.751. The minimum absolute atomic E-state index is 0.269. The minimum Gasteiger partial charge on any atom is -0.493 e. The molecule has 0 aromatic carbocycles. The Kier molecular flexibility index (Phi) is 3.95. The van der Waals surface area contributed by atoms with E-state index in [9.17, 15) is 5.11 Å². The molecule has 1 N–H and O–H groups in total. The van der Waals surface area contributed by atoms with E-state index in [4.69, 9.17) is 5.10 Å². The fourth-order valence-electron chi connectivity index (χ4n) is 4.23. The van der Waals surface area contributed by atoms with Crippen LogP contribution in [0.2, 0.25) is 0 Å². The van der Waals surface area contributed by atoms with Crippen molar-refractivity contribution in [2.24, 2.45) is 0 Å². The second-order valence-corrected chi connectivity index (χ2v) is 8.31. The third kappa shape index (κ3) is 2.62. The molecule has 0 radical (unpaired) electrons. The van der Waals surface area contributed by atoms with E-state index in [2.05, 4.69) is 33.3 Å². The van der Waals surface area contributed by atoms with E-state index >= 15 is 0 Å². The highest BCUT2D eigenvalue weighted by Gasteiger charge is 2.31. The lowest BCUT2D eigenvalue weighted by molar-refractivity contribution is 0.103. The number of likely N-dealkylation sites (N-methyl/N-ethyl adjacent to an activating group) is 1. The number of fused-ring (bicyclic) bond motifs is 2. The number of thiophene rings is 1. The molecule has 1 atom stereocenters. The summed E-state index contributed by atoms with van der Waals surface area (Å²) in [6.07, 6.45) is 4.71. The van der Waals surface area contributed by atoms with Gasteiger partial charge in [0.05, 0.1) is 5.69 Å². The van der Waals surface area contributed by atoms with Crippen molar-refractivity contribution in [2.45, 2.75) is 25.3 Å². The van der Waals surface area contributed by atoms with E-state index < -0.39 is 0 Å². The monoisotopic (exact) mass is 369 g/mol. The first-order valence-electron chi connectivity index (χ1n) is 9.25. The van der Waals surface area contributed by atoms with Crippen LogP contribution < -0.4 is 0 Å². The van der Waals surface area contributed by atoms with Crippen LogP contribution in [0.25, 0.3) is 15.9 Å². The molecule has 1 unspecified atom stereocenters. The van der Waals surface area contributed by atoms with Crippen LogP contribution in [0.3, 0.4) is 0 Å². The average molecular weight is 369 g/mol. The van der Waals surface area contributed by atoms with Crippen LogP contribution in [-0.4, -0.2) is 68.9 Å². The number of aromatic hydroxyl groups is 1. The molecule has 3 aromatic heterocycles. The first-order chi connectivity index (χ1) is 12.7. The van der Waals surface area contributed by atoms with Gasteiger partial charge in [-0.15, -0.1) is 11.3 Å². The molecule has 1 aliphatic carbocycles. The summed E-state index contributed by atoms with van der Waals surface area (Å²) in [5.74, 6) is 0.997. The maximum atomic E-state index is 10.9. The molecular formula is C19H23N5OS. The van der Waals surface area contributed by atoms with E-state index in [0.29, 0.717) is 6.04 Å². The summed E-state index contributed by atoms with van der Waals surface area (Å²) >= 11 is 1.68. The van der Waals surface area contributed by atoms with Gasteiger partial charge in [0.1, 0.15) is 0 Å². The van der Waals surface area contributed by atoms with Crippen molar-refractivity contribution < 1.29 is 5.11 Å². The fourth-order valence-corrected chi connectivity index (χ4v) is 5.01. The first kappa shape index (κ1) is 16.2. The average Bonchev–Trinajstić information content (AvgIpc) is 3.27. The Morgan fingerprint density at radius 1 is 1.19 bits per heavy atom. The topological polar surface area (TPSA) is 57.4 Å². The smallest absolute Gasteiger partial charge is 0.219 e. The van der Waals surface area contributed by atoms with Crippen molar-refractivity contribution in [3.8, 4) is 11.7 Å². The molecule has 7 heteroatoms. The first-order valence-corrected chi connectivity index (χ1v) is 10.1. The summed E-state index contributed by atoms with van der Waals surface area (Å²) in [5.41, 5.74) is 2.04. The molecule has 4 heterocycles. The molecule has 6 nitrogen and oxygen atoms in total. The van der Waals surface area contributed by atoms with Crippen molar-refractivity contribution in [3.05, 3.63) is 35.0 Å². The normalized spacial score (nSPS) is 22.0.